The van der Waals surface area contributed by atoms with Crippen molar-refractivity contribution in [3.05, 3.63) is 36.0 Å². The van der Waals surface area contributed by atoms with E-state index in [9.17, 15) is 13.2 Å². The predicted molar refractivity (Wildman–Crippen MR) is 105 cm³/mol. The van der Waals surface area contributed by atoms with Gasteiger partial charge in [0.25, 0.3) is 0 Å². The second-order valence-electron chi connectivity index (χ2n) is 9.07. The molecule has 0 radical (unpaired) electrons. The predicted octanol–water partition coefficient (Wildman–Crippen LogP) is 4.65. The monoisotopic (exact) mass is 389 g/mol. The number of pyridine rings is 1. The van der Waals surface area contributed by atoms with Crippen LogP contribution in [0.5, 0.6) is 0 Å². The molecule has 0 unspecified atom stereocenters. The molecule has 1 spiro atoms. The first-order valence-corrected chi connectivity index (χ1v) is 10.3. The van der Waals surface area contributed by atoms with Gasteiger partial charge in [-0.2, -0.15) is 13.2 Å². The Kier molecular flexibility index (Phi) is 4.30. The zero-order valence-electron chi connectivity index (χ0n) is 16.0. The Morgan fingerprint density at radius 2 is 1.82 bits per heavy atom. The van der Waals surface area contributed by atoms with Gasteiger partial charge in [-0.15, -0.1) is 0 Å². The number of rotatable bonds is 4. The normalized spacial score (nSPS) is 22.6. The standard InChI is InChI=1S/C22H26F3N3/c23-22(24,25)12-17-3-4-19-18(11-17)20(5-8-26-19)28-9-6-21(7-10-28)14-27(15-21)13-16-1-2-16/h3-5,8,11,16H,1-2,6-7,9-10,12-15H2. The molecule has 0 amide bonds. The van der Waals surface area contributed by atoms with Gasteiger partial charge < -0.3 is 9.80 Å². The third-order valence-corrected chi connectivity index (χ3v) is 6.68. The summed E-state index contributed by atoms with van der Waals surface area (Å²) in [6.45, 7) is 5.68. The second-order valence-corrected chi connectivity index (χ2v) is 9.07. The van der Waals surface area contributed by atoms with E-state index >= 15 is 0 Å². The lowest BCUT2D eigenvalue weighted by Crippen LogP contribution is -2.60. The Morgan fingerprint density at radius 3 is 2.50 bits per heavy atom. The molecule has 2 aromatic rings. The van der Waals surface area contributed by atoms with Gasteiger partial charge in [0.15, 0.2) is 0 Å². The van der Waals surface area contributed by atoms with Gasteiger partial charge in [-0.25, -0.2) is 0 Å². The molecule has 0 N–H and O–H groups in total. The van der Waals surface area contributed by atoms with Crippen LogP contribution in [-0.2, 0) is 6.42 Å². The number of benzene rings is 1. The quantitative estimate of drug-likeness (QED) is 0.759. The summed E-state index contributed by atoms with van der Waals surface area (Å²) in [5.41, 5.74) is 2.56. The zero-order chi connectivity index (χ0) is 19.4. The molecular weight excluding hydrogens is 363 g/mol. The van der Waals surface area contributed by atoms with Crippen LogP contribution in [0.25, 0.3) is 10.9 Å². The van der Waals surface area contributed by atoms with E-state index in [1.54, 1.807) is 24.4 Å². The van der Waals surface area contributed by atoms with Crippen molar-refractivity contribution in [3.63, 3.8) is 0 Å². The van der Waals surface area contributed by atoms with Crippen LogP contribution in [0.2, 0.25) is 0 Å². The van der Waals surface area contributed by atoms with Crippen molar-refractivity contribution in [2.45, 2.75) is 38.3 Å². The number of nitrogens with zero attached hydrogens (tertiary/aromatic N) is 3. The first-order valence-electron chi connectivity index (χ1n) is 10.3. The fourth-order valence-electron chi connectivity index (χ4n) is 5.03. The minimum absolute atomic E-state index is 0.303. The van der Waals surface area contributed by atoms with Gasteiger partial charge in [-0.3, -0.25) is 4.98 Å². The van der Waals surface area contributed by atoms with Crippen molar-refractivity contribution < 1.29 is 13.2 Å². The van der Waals surface area contributed by atoms with Gasteiger partial charge in [0.05, 0.1) is 11.9 Å². The van der Waals surface area contributed by atoms with E-state index in [4.69, 9.17) is 0 Å². The van der Waals surface area contributed by atoms with E-state index in [0.717, 1.165) is 35.6 Å². The zero-order valence-corrected chi connectivity index (χ0v) is 16.0. The smallest absolute Gasteiger partial charge is 0.371 e. The molecule has 6 heteroatoms. The van der Waals surface area contributed by atoms with Crippen molar-refractivity contribution in [1.29, 1.82) is 0 Å². The highest BCUT2D eigenvalue weighted by Crippen LogP contribution is 2.44. The van der Waals surface area contributed by atoms with Crippen molar-refractivity contribution in [2.75, 3.05) is 37.6 Å². The Morgan fingerprint density at radius 1 is 1.07 bits per heavy atom. The van der Waals surface area contributed by atoms with Crippen LogP contribution >= 0.6 is 0 Å². The Bertz CT molecular complexity index is 859. The van der Waals surface area contributed by atoms with Crippen LogP contribution in [0.1, 0.15) is 31.2 Å². The highest BCUT2D eigenvalue weighted by Gasteiger charge is 2.45. The van der Waals surface area contributed by atoms with E-state index in [2.05, 4.69) is 14.8 Å². The molecule has 0 bridgehead atoms. The first-order chi connectivity index (χ1) is 13.4. The Labute approximate surface area is 163 Å². The summed E-state index contributed by atoms with van der Waals surface area (Å²) in [7, 11) is 0. The summed E-state index contributed by atoms with van der Waals surface area (Å²) < 4.78 is 38.4. The van der Waals surface area contributed by atoms with Crippen LogP contribution in [0.15, 0.2) is 30.5 Å². The van der Waals surface area contributed by atoms with E-state index in [-0.39, 0.29) is 0 Å². The molecule has 0 atom stereocenters. The molecule has 1 saturated carbocycles. The molecule has 3 heterocycles. The fraction of sp³-hybridized carbons (Fsp3) is 0.591. The van der Waals surface area contributed by atoms with Gasteiger partial charge in [0.2, 0.25) is 0 Å². The van der Waals surface area contributed by atoms with Crippen LogP contribution in [-0.4, -0.2) is 48.8 Å². The summed E-state index contributed by atoms with van der Waals surface area (Å²) >= 11 is 0. The number of hydrogen-bond donors (Lipinski definition) is 0. The number of likely N-dealkylation sites (tertiary alicyclic amines) is 1. The SMILES string of the molecule is FC(F)(F)Cc1ccc2nccc(N3CCC4(CC3)CN(CC3CC3)C4)c2c1. The number of aromatic nitrogens is 1. The molecule has 150 valence electrons. The van der Waals surface area contributed by atoms with Gasteiger partial charge >= 0.3 is 6.18 Å². The van der Waals surface area contributed by atoms with Gasteiger partial charge in [-0.05, 0) is 60.8 Å². The van der Waals surface area contributed by atoms with Crippen LogP contribution < -0.4 is 4.90 Å². The minimum Gasteiger partial charge on any atom is -0.371 e. The summed E-state index contributed by atoms with van der Waals surface area (Å²) in [4.78, 5) is 9.31. The van der Waals surface area contributed by atoms with E-state index in [0.29, 0.717) is 11.0 Å². The molecule has 5 rings (SSSR count). The minimum atomic E-state index is -4.19. The maximum atomic E-state index is 12.8. The number of halogens is 3. The molecule has 1 aromatic carbocycles. The maximum Gasteiger partial charge on any atom is 0.393 e. The molecule has 2 saturated heterocycles. The van der Waals surface area contributed by atoms with E-state index in [1.807, 2.05) is 6.07 Å². The van der Waals surface area contributed by atoms with Crippen LogP contribution in [0.3, 0.4) is 0 Å². The first kappa shape index (κ1) is 18.2. The molecule has 28 heavy (non-hydrogen) atoms. The van der Waals surface area contributed by atoms with Crippen LogP contribution in [0.4, 0.5) is 18.9 Å². The van der Waals surface area contributed by atoms with Gasteiger partial charge in [0.1, 0.15) is 0 Å². The Hall–Kier alpha value is -1.82. The summed E-state index contributed by atoms with van der Waals surface area (Å²) in [5, 5.41) is 0.837. The third-order valence-electron chi connectivity index (χ3n) is 6.68. The average molecular weight is 389 g/mol. The van der Waals surface area contributed by atoms with Gasteiger partial charge in [0, 0.05) is 50.0 Å². The average Bonchev–Trinajstić information content (AvgIpc) is 3.43. The lowest BCUT2D eigenvalue weighted by Gasteiger charge is -2.54. The van der Waals surface area contributed by atoms with E-state index in [1.165, 1.54) is 45.3 Å². The summed E-state index contributed by atoms with van der Waals surface area (Å²) in [6, 6.07) is 6.89. The number of anilines is 1. The van der Waals surface area contributed by atoms with Crippen LogP contribution in [0, 0.1) is 11.3 Å². The Balaban J connectivity index is 1.30. The lowest BCUT2D eigenvalue weighted by molar-refractivity contribution is -0.127. The number of piperidine rings is 1. The van der Waals surface area contributed by atoms with Crippen molar-refractivity contribution >= 4 is 16.6 Å². The molecule has 1 aromatic heterocycles. The molecular formula is C22H26F3N3. The van der Waals surface area contributed by atoms with Crippen molar-refractivity contribution in [2.24, 2.45) is 11.3 Å². The van der Waals surface area contributed by atoms with Crippen molar-refractivity contribution in [1.82, 2.24) is 9.88 Å². The molecule has 3 fully saturated rings. The lowest BCUT2D eigenvalue weighted by atomic mass is 9.72. The largest absolute Gasteiger partial charge is 0.393 e. The highest BCUT2D eigenvalue weighted by molar-refractivity contribution is 5.92. The summed E-state index contributed by atoms with van der Waals surface area (Å²) in [6.07, 6.45) is 1.83. The maximum absolute atomic E-state index is 12.8. The number of alkyl halides is 3. The summed E-state index contributed by atoms with van der Waals surface area (Å²) in [5.74, 6) is 0.950. The number of hydrogen-bond acceptors (Lipinski definition) is 3. The van der Waals surface area contributed by atoms with Gasteiger partial charge in [-0.1, -0.05) is 6.07 Å². The van der Waals surface area contributed by atoms with E-state index < -0.39 is 12.6 Å². The molecule has 3 aliphatic rings. The highest BCUT2D eigenvalue weighted by atomic mass is 19.4. The van der Waals surface area contributed by atoms with Crippen molar-refractivity contribution in [3.8, 4) is 0 Å². The third kappa shape index (κ3) is 3.71. The molecule has 2 aliphatic heterocycles. The molecule has 3 nitrogen and oxygen atoms in total. The molecule has 1 aliphatic carbocycles. The fourth-order valence-corrected chi connectivity index (χ4v) is 5.03. The topological polar surface area (TPSA) is 19.4 Å². The number of fused-ring (bicyclic) bond motifs is 1. The second kappa shape index (κ2) is 6.61.